The Bertz CT molecular complexity index is 447. The number of rotatable bonds is 7. The lowest BCUT2D eigenvalue weighted by molar-refractivity contribution is -0.120. The van der Waals surface area contributed by atoms with Crippen molar-refractivity contribution in [2.45, 2.75) is 39.2 Å². The number of carbonyl (C=O) groups excluding carboxylic acids is 1. The minimum absolute atomic E-state index is 0.0207. The van der Waals surface area contributed by atoms with Crippen molar-refractivity contribution in [2.75, 3.05) is 6.54 Å². The smallest absolute Gasteiger partial charge is 0.224 e. The summed E-state index contributed by atoms with van der Waals surface area (Å²) in [6.07, 6.45) is 1.96. The number of benzene rings is 1. The van der Waals surface area contributed by atoms with Crippen LogP contribution in [0.3, 0.4) is 0 Å². The molecule has 20 heavy (non-hydrogen) atoms. The predicted molar refractivity (Wildman–Crippen MR) is 75.1 cm³/mol. The molecule has 0 bridgehead atoms. The van der Waals surface area contributed by atoms with Gasteiger partial charge < -0.3 is 11.1 Å². The van der Waals surface area contributed by atoms with Crippen LogP contribution in [-0.2, 0) is 11.2 Å². The van der Waals surface area contributed by atoms with Gasteiger partial charge in [0, 0.05) is 12.6 Å². The van der Waals surface area contributed by atoms with Crippen LogP contribution in [0.2, 0.25) is 0 Å². The number of hydrogen-bond acceptors (Lipinski definition) is 2. The number of amides is 1. The Morgan fingerprint density at radius 3 is 2.45 bits per heavy atom. The maximum atomic E-state index is 13.0. The van der Waals surface area contributed by atoms with Gasteiger partial charge in [-0.3, -0.25) is 4.79 Å². The van der Waals surface area contributed by atoms with Gasteiger partial charge in [-0.05, 0) is 23.6 Å². The number of nitrogens with two attached hydrogens (primary N) is 1. The fourth-order valence-corrected chi connectivity index (χ4v) is 2.19. The lowest BCUT2D eigenvalue weighted by Gasteiger charge is -2.21. The van der Waals surface area contributed by atoms with E-state index < -0.39 is 11.6 Å². The molecule has 112 valence electrons. The Morgan fingerprint density at radius 1 is 1.25 bits per heavy atom. The zero-order chi connectivity index (χ0) is 15.1. The highest BCUT2D eigenvalue weighted by atomic mass is 19.2. The number of halogens is 2. The van der Waals surface area contributed by atoms with E-state index in [1.807, 2.05) is 0 Å². The molecular weight excluding hydrogens is 262 g/mol. The summed E-state index contributed by atoms with van der Waals surface area (Å²) < 4.78 is 25.8. The number of nitrogens with one attached hydrogen (secondary N) is 1. The fraction of sp³-hybridized carbons (Fsp3) is 0.533. The number of carbonyl (C=O) groups is 1. The van der Waals surface area contributed by atoms with Gasteiger partial charge in [-0.15, -0.1) is 0 Å². The molecule has 3 nitrogen and oxygen atoms in total. The average molecular weight is 284 g/mol. The van der Waals surface area contributed by atoms with Crippen molar-refractivity contribution in [1.29, 1.82) is 0 Å². The summed E-state index contributed by atoms with van der Waals surface area (Å²) in [4.78, 5) is 11.7. The van der Waals surface area contributed by atoms with E-state index in [-0.39, 0.29) is 18.4 Å². The van der Waals surface area contributed by atoms with Crippen molar-refractivity contribution in [3.8, 4) is 0 Å². The van der Waals surface area contributed by atoms with Crippen LogP contribution in [-0.4, -0.2) is 18.5 Å². The molecule has 1 atom stereocenters. The summed E-state index contributed by atoms with van der Waals surface area (Å²) in [5.41, 5.74) is 6.44. The first-order valence-electron chi connectivity index (χ1n) is 6.94. The molecule has 0 saturated heterocycles. The molecule has 5 heteroatoms. The maximum Gasteiger partial charge on any atom is 0.224 e. The van der Waals surface area contributed by atoms with Gasteiger partial charge >= 0.3 is 0 Å². The highest BCUT2D eigenvalue weighted by Crippen LogP contribution is 2.11. The van der Waals surface area contributed by atoms with Crippen LogP contribution in [0.4, 0.5) is 8.78 Å². The standard InChI is InChI=1S/C15H22F2N2O/c1-3-11(4-2)14(18)9-19-15(20)8-10-5-6-12(16)13(17)7-10/h5-7,11,14H,3-4,8-9,18H2,1-2H3,(H,19,20). The SMILES string of the molecule is CCC(CC)C(N)CNC(=O)Cc1ccc(F)c(F)c1. The Morgan fingerprint density at radius 2 is 1.90 bits per heavy atom. The van der Waals surface area contributed by atoms with Crippen molar-refractivity contribution < 1.29 is 13.6 Å². The lowest BCUT2D eigenvalue weighted by atomic mass is 9.95. The predicted octanol–water partition coefficient (Wildman–Crippen LogP) is 2.39. The average Bonchev–Trinajstić information content (AvgIpc) is 2.42. The van der Waals surface area contributed by atoms with E-state index in [0.717, 1.165) is 25.0 Å². The molecule has 0 aliphatic rings. The van der Waals surface area contributed by atoms with Crippen LogP contribution in [0.5, 0.6) is 0 Å². The first kappa shape index (κ1) is 16.6. The largest absolute Gasteiger partial charge is 0.354 e. The topological polar surface area (TPSA) is 55.1 Å². The molecule has 0 fully saturated rings. The molecule has 0 spiro atoms. The molecule has 1 rings (SSSR count). The molecule has 3 N–H and O–H groups in total. The van der Waals surface area contributed by atoms with Gasteiger partial charge in [0.2, 0.25) is 5.91 Å². The first-order chi connectivity index (χ1) is 9.47. The summed E-state index contributed by atoms with van der Waals surface area (Å²) >= 11 is 0. The van der Waals surface area contributed by atoms with Gasteiger partial charge in [0.1, 0.15) is 0 Å². The zero-order valence-electron chi connectivity index (χ0n) is 12.0. The molecule has 1 unspecified atom stereocenters. The monoisotopic (exact) mass is 284 g/mol. The third-order valence-electron chi connectivity index (χ3n) is 3.54. The molecule has 0 saturated carbocycles. The molecule has 0 aromatic heterocycles. The van der Waals surface area contributed by atoms with Gasteiger partial charge in [-0.1, -0.05) is 32.8 Å². The second-order valence-corrected chi connectivity index (χ2v) is 4.97. The van der Waals surface area contributed by atoms with E-state index >= 15 is 0 Å². The van der Waals surface area contributed by atoms with Crippen LogP contribution in [0, 0.1) is 17.6 Å². The number of hydrogen-bond donors (Lipinski definition) is 2. The molecule has 1 aromatic carbocycles. The maximum absolute atomic E-state index is 13.0. The van der Waals surface area contributed by atoms with Crippen molar-refractivity contribution >= 4 is 5.91 Å². The van der Waals surface area contributed by atoms with Gasteiger partial charge in [0.25, 0.3) is 0 Å². The van der Waals surface area contributed by atoms with E-state index in [4.69, 9.17) is 5.73 Å². The Kier molecular flexibility index (Phi) is 6.58. The molecular formula is C15H22F2N2O. The van der Waals surface area contributed by atoms with Gasteiger partial charge in [0.05, 0.1) is 6.42 Å². The quantitative estimate of drug-likeness (QED) is 0.807. The van der Waals surface area contributed by atoms with Crippen molar-refractivity contribution in [3.63, 3.8) is 0 Å². The molecule has 0 aliphatic heterocycles. The van der Waals surface area contributed by atoms with E-state index in [9.17, 15) is 13.6 Å². The molecule has 0 radical (unpaired) electrons. The minimum atomic E-state index is -0.941. The molecule has 0 heterocycles. The summed E-state index contributed by atoms with van der Waals surface area (Å²) in [7, 11) is 0. The highest BCUT2D eigenvalue weighted by Gasteiger charge is 2.15. The van der Waals surface area contributed by atoms with E-state index in [2.05, 4.69) is 19.2 Å². The Hall–Kier alpha value is -1.49. The summed E-state index contributed by atoms with van der Waals surface area (Å²) in [6.45, 7) is 4.53. The van der Waals surface area contributed by atoms with Crippen LogP contribution >= 0.6 is 0 Å². The van der Waals surface area contributed by atoms with Crippen molar-refractivity contribution in [1.82, 2.24) is 5.32 Å². The molecule has 1 amide bonds. The lowest BCUT2D eigenvalue weighted by Crippen LogP contribution is -2.42. The van der Waals surface area contributed by atoms with Gasteiger partial charge in [0.15, 0.2) is 11.6 Å². The second kappa shape index (κ2) is 7.94. The first-order valence-corrected chi connectivity index (χ1v) is 6.94. The third kappa shape index (κ3) is 4.89. The Balaban J connectivity index is 2.45. The van der Waals surface area contributed by atoms with E-state index in [1.54, 1.807) is 0 Å². The summed E-state index contributed by atoms with van der Waals surface area (Å²) in [6, 6.07) is 3.38. The second-order valence-electron chi connectivity index (χ2n) is 4.97. The van der Waals surface area contributed by atoms with Crippen LogP contribution < -0.4 is 11.1 Å². The molecule has 1 aromatic rings. The summed E-state index contributed by atoms with van der Waals surface area (Å²) in [5, 5.41) is 2.73. The fourth-order valence-electron chi connectivity index (χ4n) is 2.19. The minimum Gasteiger partial charge on any atom is -0.354 e. The van der Waals surface area contributed by atoms with Crippen molar-refractivity contribution in [2.24, 2.45) is 11.7 Å². The molecule has 0 aliphatic carbocycles. The van der Waals surface area contributed by atoms with Crippen LogP contribution in [0.15, 0.2) is 18.2 Å². The van der Waals surface area contributed by atoms with Gasteiger partial charge in [-0.2, -0.15) is 0 Å². The Labute approximate surface area is 118 Å². The normalized spacial score (nSPS) is 12.5. The van der Waals surface area contributed by atoms with Crippen molar-refractivity contribution in [3.05, 3.63) is 35.4 Å². The van der Waals surface area contributed by atoms with E-state index in [1.165, 1.54) is 6.07 Å². The summed E-state index contributed by atoms with van der Waals surface area (Å²) in [5.74, 6) is -1.72. The van der Waals surface area contributed by atoms with E-state index in [0.29, 0.717) is 18.0 Å². The zero-order valence-corrected chi connectivity index (χ0v) is 12.0. The highest BCUT2D eigenvalue weighted by molar-refractivity contribution is 5.78. The van der Waals surface area contributed by atoms with Crippen LogP contribution in [0.1, 0.15) is 32.3 Å². The third-order valence-corrected chi connectivity index (χ3v) is 3.54. The van der Waals surface area contributed by atoms with Gasteiger partial charge in [-0.25, -0.2) is 8.78 Å². The van der Waals surface area contributed by atoms with Crippen LogP contribution in [0.25, 0.3) is 0 Å².